The highest BCUT2D eigenvalue weighted by atomic mass is 32.1. The van der Waals surface area contributed by atoms with Gasteiger partial charge in [0.2, 0.25) is 0 Å². The number of likely N-dealkylation sites (N-methyl/N-ethyl adjacent to an activating group) is 1. The van der Waals surface area contributed by atoms with E-state index in [0.717, 1.165) is 18.0 Å². The molecule has 0 N–H and O–H groups in total. The van der Waals surface area contributed by atoms with E-state index in [1.807, 2.05) is 0 Å². The summed E-state index contributed by atoms with van der Waals surface area (Å²) < 4.78 is 5.47. The third-order valence-electron chi connectivity index (χ3n) is 6.69. The largest absolute Gasteiger partial charge is 0.487 e. The van der Waals surface area contributed by atoms with Crippen LogP contribution in [0.5, 0.6) is 5.06 Å². The number of fused-ring (bicyclic) bond motifs is 3. The maximum Gasteiger partial charge on any atom is 0.176 e. The second-order valence-corrected chi connectivity index (χ2v) is 9.01. The first-order valence-corrected chi connectivity index (χ1v) is 11.1. The van der Waals surface area contributed by atoms with Crippen LogP contribution >= 0.6 is 11.3 Å². The molecule has 144 valence electrons. The minimum absolute atomic E-state index is 0.677. The molecule has 2 atom stereocenters. The van der Waals surface area contributed by atoms with Crippen LogP contribution in [-0.4, -0.2) is 57.8 Å². The zero-order chi connectivity index (χ0) is 18.4. The minimum atomic E-state index is 0.677. The molecule has 0 saturated carbocycles. The van der Waals surface area contributed by atoms with Crippen molar-refractivity contribution in [3.63, 3.8) is 0 Å². The maximum absolute atomic E-state index is 5.47. The van der Waals surface area contributed by atoms with E-state index in [1.165, 1.54) is 56.0 Å². The van der Waals surface area contributed by atoms with Crippen molar-refractivity contribution in [1.82, 2.24) is 4.90 Å². The number of likely N-dealkylation sites (tertiary alicyclic amines) is 1. The molecule has 1 aromatic heterocycles. The number of hydrogen-bond acceptors (Lipinski definition) is 5. The van der Waals surface area contributed by atoms with Gasteiger partial charge in [0.05, 0.1) is 18.5 Å². The molecule has 0 bridgehead atoms. The number of aryl methyl sites for hydroxylation is 1. The molecule has 5 heteroatoms. The Hall–Kier alpha value is -1.72. The van der Waals surface area contributed by atoms with Gasteiger partial charge < -0.3 is 19.4 Å². The van der Waals surface area contributed by atoms with Gasteiger partial charge in [-0.15, -0.1) is 11.3 Å². The molecule has 3 aliphatic heterocycles. The number of rotatable bonds is 5. The Labute approximate surface area is 166 Å². The third kappa shape index (κ3) is 2.92. The van der Waals surface area contributed by atoms with Crippen LogP contribution in [0.4, 0.5) is 11.4 Å². The molecule has 3 aliphatic rings. The second-order valence-electron chi connectivity index (χ2n) is 8.13. The number of hydrogen-bond donors (Lipinski definition) is 0. The molecule has 2 aromatic rings. The Balaban J connectivity index is 1.27. The highest BCUT2D eigenvalue weighted by Crippen LogP contribution is 2.50. The van der Waals surface area contributed by atoms with Crippen molar-refractivity contribution in [1.29, 1.82) is 0 Å². The number of methoxy groups -OCH3 is 1. The molecule has 1 aromatic carbocycles. The van der Waals surface area contributed by atoms with E-state index in [1.54, 1.807) is 24.0 Å². The fourth-order valence-electron chi connectivity index (χ4n) is 5.36. The van der Waals surface area contributed by atoms with E-state index in [9.17, 15) is 0 Å². The number of ether oxygens (including phenoxy) is 1. The van der Waals surface area contributed by atoms with Crippen molar-refractivity contribution in [2.45, 2.75) is 31.2 Å². The zero-order valence-electron chi connectivity index (χ0n) is 16.4. The zero-order valence-corrected chi connectivity index (χ0v) is 17.2. The first kappa shape index (κ1) is 17.4. The summed E-state index contributed by atoms with van der Waals surface area (Å²) in [5.41, 5.74) is 5.93. The lowest BCUT2D eigenvalue weighted by molar-refractivity contribution is 0.191. The number of thiophene rings is 1. The average Bonchev–Trinajstić information content (AvgIpc) is 3.28. The van der Waals surface area contributed by atoms with Gasteiger partial charge in [-0.1, -0.05) is 12.1 Å². The molecule has 5 rings (SSSR count). The summed E-state index contributed by atoms with van der Waals surface area (Å²) in [5, 5.41) is 3.23. The van der Waals surface area contributed by atoms with Crippen LogP contribution in [0.15, 0.2) is 29.6 Å². The van der Waals surface area contributed by atoms with Crippen LogP contribution in [0.25, 0.3) is 0 Å². The van der Waals surface area contributed by atoms with Gasteiger partial charge in [-0.05, 0) is 48.9 Å². The molecule has 0 amide bonds. The summed E-state index contributed by atoms with van der Waals surface area (Å²) >= 11 is 1.71. The predicted molar refractivity (Wildman–Crippen MR) is 114 cm³/mol. The number of piperidine rings is 1. The van der Waals surface area contributed by atoms with Gasteiger partial charge in [0.15, 0.2) is 5.06 Å². The summed E-state index contributed by atoms with van der Waals surface area (Å²) in [6, 6.07) is 9.87. The van der Waals surface area contributed by atoms with Gasteiger partial charge in [-0.2, -0.15) is 0 Å². The van der Waals surface area contributed by atoms with E-state index in [-0.39, 0.29) is 0 Å². The highest BCUT2D eigenvalue weighted by molar-refractivity contribution is 7.12. The standard InChI is InChI=1S/C22H29N3OS/c1-23-12-13-25-19-8-11-24(10-4-5-16-9-14-27-22(16)26-2)15-18(19)17-6-3-7-20(23)21(17)25/h3,6-7,9,14,18-19H,4-5,8,10-13,15H2,1-2H3. The predicted octanol–water partition coefficient (Wildman–Crippen LogP) is 3.82. The molecule has 4 nitrogen and oxygen atoms in total. The Kier molecular flexibility index (Phi) is 4.52. The lowest BCUT2D eigenvalue weighted by Crippen LogP contribution is -2.49. The van der Waals surface area contributed by atoms with E-state index in [4.69, 9.17) is 4.74 Å². The van der Waals surface area contributed by atoms with Gasteiger partial charge in [0.1, 0.15) is 0 Å². The van der Waals surface area contributed by atoms with Gasteiger partial charge in [0.25, 0.3) is 0 Å². The number of nitrogens with zero attached hydrogens (tertiary/aromatic N) is 3. The molecule has 0 spiro atoms. The smallest absolute Gasteiger partial charge is 0.176 e. The summed E-state index contributed by atoms with van der Waals surface area (Å²) in [6.45, 7) is 5.96. The molecular formula is C22H29N3OS. The Morgan fingerprint density at radius 3 is 3.00 bits per heavy atom. The average molecular weight is 384 g/mol. The van der Waals surface area contributed by atoms with Crippen molar-refractivity contribution in [2.75, 3.05) is 56.7 Å². The molecule has 1 saturated heterocycles. The Bertz CT molecular complexity index is 820. The second kappa shape index (κ2) is 7.02. The molecule has 1 fully saturated rings. The number of para-hydroxylation sites is 1. The van der Waals surface area contributed by atoms with Crippen molar-refractivity contribution >= 4 is 22.7 Å². The van der Waals surface area contributed by atoms with E-state index in [2.05, 4.69) is 51.4 Å². The summed E-state index contributed by atoms with van der Waals surface area (Å²) in [5.74, 6) is 0.677. The number of benzene rings is 1. The lowest BCUT2D eigenvalue weighted by Gasteiger charge is -2.41. The molecular weight excluding hydrogens is 354 g/mol. The molecule has 27 heavy (non-hydrogen) atoms. The van der Waals surface area contributed by atoms with Crippen molar-refractivity contribution in [2.24, 2.45) is 0 Å². The van der Waals surface area contributed by atoms with Crippen LogP contribution in [0.3, 0.4) is 0 Å². The molecule has 2 unspecified atom stereocenters. The van der Waals surface area contributed by atoms with Crippen molar-refractivity contribution in [3.8, 4) is 5.06 Å². The lowest BCUT2D eigenvalue weighted by atomic mass is 9.89. The first-order valence-electron chi connectivity index (χ1n) is 10.2. The topological polar surface area (TPSA) is 19.0 Å². The summed E-state index contributed by atoms with van der Waals surface area (Å²) in [7, 11) is 4.02. The van der Waals surface area contributed by atoms with Gasteiger partial charge in [-0.3, -0.25) is 0 Å². The minimum Gasteiger partial charge on any atom is -0.487 e. The first-order chi connectivity index (χ1) is 13.3. The van der Waals surface area contributed by atoms with Crippen LogP contribution in [0.2, 0.25) is 0 Å². The summed E-state index contributed by atoms with van der Waals surface area (Å²) in [4.78, 5) is 7.85. The highest BCUT2D eigenvalue weighted by Gasteiger charge is 2.44. The maximum atomic E-state index is 5.47. The van der Waals surface area contributed by atoms with Crippen molar-refractivity contribution < 1.29 is 4.74 Å². The monoisotopic (exact) mass is 383 g/mol. The van der Waals surface area contributed by atoms with Gasteiger partial charge >= 0.3 is 0 Å². The Morgan fingerprint density at radius 2 is 2.11 bits per heavy atom. The summed E-state index contributed by atoms with van der Waals surface area (Å²) in [6.07, 6.45) is 3.63. The normalized spacial score (nSPS) is 24.1. The fraction of sp³-hybridized carbons (Fsp3) is 0.545. The van der Waals surface area contributed by atoms with Crippen LogP contribution < -0.4 is 14.5 Å². The fourth-order valence-corrected chi connectivity index (χ4v) is 6.13. The molecule has 4 heterocycles. The van der Waals surface area contributed by atoms with Crippen molar-refractivity contribution in [3.05, 3.63) is 40.8 Å². The van der Waals surface area contributed by atoms with E-state index >= 15 is 0 Å². The van der Waals surface area contributed by atoms with Gasteiger partial charge in [-0.25, -0.2) is 0 Å². The third-order valence-corrected chi connectivity index (χ3v) is 7.61. The van der Waals surface area contributed by atoms with E-state index in [0.29, 0.717) is 12.0 Å². The Morgan fingerprint density at radius 1 is 1.19 bits per heavy atom. The van der Waals surface area contributed by atoms with Gasteiger partial charge in [0, 0.05) is 50.7 Å². The SMILES string of the molecule is COc1sccc1CCCN1CCC2C(C1)c1cccc3c1N2CCN3C. The quantitative estimate of drug-likeness (QED) is 0.781. The van der Waals surface area contributed by atoms with Crippen LogP contribution in [0.1, 0.15) is 29.9 Å². The van der Waals surface area contributed by atoms with E-state index < -0.39 is 0 Å². The van der Waals surface area contributed by atoms with Crippen LogP contribution in [-0.2, 0) is 6.42 Å². The molecule has 0 radical (unpaired) electrons. The number of anilines is 2. The molecule has 0 aliphatic carbocycles. The van der Waals surface area contributed by atoms with Crippen LogP contribution in [0, 0.1) is 0 Å².